The first kappa shape index (κ1) is 23.8. The average Bonchev–Trinajstić information content (AvgIpc) is 2.61. The molecule has 0 fully saturated rings. The second kappa shape index (κ2) is 19.2. The van der Waals surface area contributed by atoms with Gasteiger partial charge in [-0.3, -0.25) is 0 Å². The molecular weight excluding hydrogens is 328 g/mol. The van der Waals surface area contributed by atoms with Crippen LogP contribution in [0.25, 0.3) is 0 Å². The van der Waals surface area contributed by atoms with Gasteiger partial charge in [0, 0.05) is 12.6 Å². The molecule has 0 saturated carbocycles. The molecular formula is C22H31O4-. The van der Waals surface area contributed by atoms with Crippen LogP contribution in [0.3, 0.4) is 0 Å². The van der Waals surface area contributed by atoms with Crippen LogP contribution in [-0.2, 0) is 4.79 Å². The van der Waals surface area contributed by atoms with Crippen LogP contribution in [0.1, 0.15) is 44.9 Å². The van der Waals surface area contributed by atoms with Gasteiger partial charge in [-0.2, -0.15) is 0 Å². The van der Waals surface area contributed by atoms with Crippen LogP contribution < -0.4 is 5.11 Å². The summed E-state index contributed by atoms with van der Waals surface area (Å²) in [6, 6.07) is 0. The molecule has 2 N–H and O–H groups in total. The molecule has 0 amide bonds. The molecule has 1 atom stereocenters. The fraction of sp³-hybridized carbons (Fsp3) is 0.409. The van der Waals surface area contributed by atoms with Crippen molar-refractivity contribution in [1.29, 1.82) is 0 Å². The second-order valence-electron chi connectivity index (χ2n) is 5.63. The molecule has 0 aromatic heterocycles. The van der Waals surface area contributed by atoms with Gasteiger partial charge in [0.1, 0.15) is 0 Å². The SMILES string of the molecule is O=C([O-])CC/C=C\C/C=C\C/C=C\C=C\[C@H](O)C/C=C\C/C=C\CCO. The minimum absolute atomic E-state index is 0.0681. The van der Waals surface area contributed by atoms with Crippen LogP contribution >= 0.6 is 0 Å². The van der Waals surface area contributed by atoms with Crippen molar-refractivity contribution in [2.75, 3.05) is 6.61 Å². The van der Waals surface area contributed by atoms with E-state index in [4.69, 9.17) is 5.11 Å². The number of hydrogen-bond acceptors (Lipinski definition) is 4. The molecule has 0 aromatic rings. The second-order valence-corrected chi connectivity index (χ2v) is 5.63. The number of hydrogen-bond donors (Lipinski definition) is 2. The van der Waals surface area contributed by atoms with E-state index in [0.717, 1.165) is 19.3 Å². The number of carboxylic acids is 1. The van der Waals surface area contributed by atoms with Crippen LogP contribution in [0.5, 0.6) is 0 Å². The van der Waals surface area contributed by atoms with Crippen molar-refractivity contribution in [2.45, 2.75) is 51.0 Å². The molecule has 0 aliphatic rings. The first-order valence-electron chi connectivity index (χ1n) is 9.09. The van der Waals surface area contributed by atoms with E-state index in [0.29, 0.717) is 19.3 Å². The normalized spacial score (nSPS) is 14.2. The van der Waals surface area contributed by atoms with Crippen molar-refractivity contribution in [3.63, 3.8) is 0 Å². The van der Waals surface area contributed by atoms with E-state index < -0.39 is 12.1 Å². The molecule has 4 heteroatoms. The molecule has 0 radical (unpaired) electrons. The lowest BCUT2D eigenvalue weighted by Crippen LogP contribution is -2.21. The Morgan fingerprint density at radius 1 is 0.808 bits per heavy atom. The van der Waals surface area contributed by atoms with Crippen LogP contribution in [-0.4, -0.2) is 28.9 Å². The van der Waals surface area contributed by atoms with Gasteiger partial charge in [-0.1, -0.05) is 72.9 Å². The summed E-state index contributed by atoms with van der Waals surface area (Å²) in [7, 11) is 0. The van der Waals surface area contributed by atoms with Gasteiger partial charge in [0.05, 0.1) is 6.10 Å². The van der Waals surface area contributed by atoms with E-state index in [2.05, 4.69) is 0 Å². The van der Waals surface area contributed by atoms with E-state index >= 15 is 0 Å². The fourth-order valence-corrected chi connectivity index (χ4v) is 1.89. The van der Waals surface area contributed by atoms with Gasteiger partial charge in [-0.15, -0.1) is 0 Å². The molecule has 4 nitrogen and oxygen atoms in total. The van der Waals surface area contributed by atoms with Crippen LogP contribution in [0.15, 0.2) is 72.9 Å². The van der Waals surface area contributed by atoms with Gasteiger partial charge < -0.3 is 20.1 Å². The maximum absolute atomic E-state index is 10.2. The Hall–Kier alpha value is -2.17. The summed E-state index contributed by atoms with van der Waals surface area (Å²) in [5.74, 6) is -1.02. The molecule has 0 saturated heterocycles. The maximum atomic E-state index is 10.2. The van der Waals surface area contributed by atoms with E-state index in [1.165, 1.54) is 0 Å². The van der Waals surface area contributed by atoms with Gasteiger partial charge in [-0.25, -0.2) is 0 Å². The Kier molecular flexibility index (Phi) is 17.6. The minimum Gasteiger partial charge on any atom is -0.550 e. The summed E-state index contributed by atoms with van der Waals surface area (Å²) in [5.41, 5.74) is 0. The summed E-state index contributed by atoms with van der Waals surface area (Å²) in [6.45, 7) is 0.177. The molecule has 0 aromatic carbocycles. The third-order valence-corrected chi connectivity index (χ3v) is 3.25. The van der Waals surface area contributed by atoms with E-state index in [-0.39, 0.29) is 13.0 Å². The van der Waals surface area contributed by atoms with E-state index in [1.807, 2.05) is 66.8 Å². The number of carbonyl (C=O) groups excluding carboxylic acids is 1. The molecule has 26 heavy (non-hydrogen) atoms. The smallest absolute Gasteiger partial charge is 0.0758 e. The molecule has 0 aliphatic carbocycles. The number of carboxylic acid groups (broad SMARTS) is 1. The predicted molar refractivity (Wildman–Crippen MR) is 105 cm³/mol. The zero-order chi connectivity index (χ0) is 19.3. The van der Waals surface area contributed by atoms with Gasteiger partial charge in [0.15, 0.2) is 0 Å². The van der Waals surface area contributed by atoms with Crippen LogP contribution in [0, 0.1) is 0 Å². The molecule has 144 valence electrons. The number of rotatable bonds is 15. The molecule has 0 bridgehead atoms. The fourth-order valence-electron chi connectivity index (χ4n) is 1.89. The largest absolute Gasteiger partial charge is 0.550 e. The molecule has 0 rings (SSSR count). The van der Waals surface area contributed by atoms with Crippen LogP contribution in [0.4, 0.5) is 0 Å². The van der Waals surface area contributed by atoms with E-state index in [9.17, 15) is 15.0 Å². The lowest BCUT2D eigenvalue weighted by molar-refractivity contribution is -0.305. The van der Waals surface area contributed by atoms with Crippen molar-refractivity contribution in [3.8, 4) is 0 Å². The summed E-state index contributed by atoms with van der Waals surface area (Å²) in [4.78, 5) is 10.2. The number of aliphatic carboxylic acids is 1. The third kappa shape index (κ3) is 19.9. The highest BCUT2D eigenvalue weighted by molar-refractivity contribution is 5.64. The monoisotopic (exact) mass is 359 g/mol. The maximum Gasteiger partial charge on any atom is 0.0758 e. The molecule has 0 aliphatic heterocycles. The highest BCUT2D eigenvalue weighted by Crippen LogP contribution is 1.99. The lowest BCUT2D eigenvalue weighted by Gasteiger charge is -1.98. The zero-order valence-electron chi connectivity index (χ0n) is 15.4. The van der Waals surface area contributed by atoms with Gasteiger partial charge in [0.2, 0.25) is 0 Å². The van der Waals surface area contributed by atoms with Crippen molar-refractivity contribution >= 4 is 5.97 Å². The highest BCUT2D eigenvalue weighted by Gasteiger charge is 1.92. The van der Waals surface area contributed by atoms with Crippen molar-refractivity contribution in [3.05, 3.63) is 72.9 Å². The molecule has 0 unspecified atom stereocenters. The average molecular weight is 359 g/mol. The Balaban J connectivity index is 3.71. The van der Waals surface area contributed by atoms with Crippen molar-refractivity contribution < 1.29 is 20.1 Å². The Bertz CT molecular complexity index is 510. The topological polar surface area (TPSA) is 80.6 Å². The zero-order valence-corrected chi connectivity index (χ0v) is 15.4. The standard InChI is InChI=1S/C22H32O4/c23-20-16-12-8-7-10-14-18-21(24)17-13-9-5-3-1-2-4-6-11-15-19-22(25)26/h1-2,5-6,8-14,17,21,23-24H,3-4,7,15-16,18-20H2,(H,25,26)/p-1/b2-1-,9-5-,11-6-,12-8-,14-10-,17-13+/t21-/m0/s1. The Labute approximate surface area is 157 Å². The minimum atomic E-state index is -1.02. The van der Waals surface area contributed by atoms with Gasteiger partial charge in [0.25, 0.3) is 0 Å². The predicted octanol–water partition coefficient (Wildman–Crippen LogP) is 3.16. The Morgan fingerprint density at radius 3 is 2.04 bits per heavy atom. The van der Waals surface area contributed by atoms with Crippen molar-refractivity contribution in [2.24, 2.45) is 0 Å². The summed E-state index contributed by atoms with van der Waals surface area (Å²) >= 11 is 0. The van der Waals surface area contributed by atoms with Gasteiger partial charge in [-0.05, 0) is 44.9 Å². The van der Waals surface area contributed by atoms with Gasteiger partial charge >= 0.3 is 0 Å². The summed E-state index contributed by atoms with van der Waals surface area (Å²) in [6.07, 6.45) is 27.0. The number of allylic oxidation sites excluding steroid dienone is 9. The van der Waals surface area contributed by atoms with Crippen molar-refractivity contribution in [1.82, 2.24) is 0 Å². The lowest BCUT2D eigenvalue weighted by atomic mass is 10.2. The first-order valence-corrected chi connectivity index (χ1v) is 9.09. The summed E-state index contributed by atoms with van der Waals surface area (Å²) in [5, 5.41) is 28.6. The first-order chi connectivity index (χ1) is 12.7. The molecule has 0 spiro atoms. The van der Waals surface area contributed by atoms with E-state index in [1.54, 1.807) is 6.08 Å². The number of aliphatic hydroxyl groups is 2. The highest BCUT2D eigenvalue weighted by atomic mass is 16.4. The number of aliphatic hydroxyl groups excluding tert-OH is 2. The summed E-state index contributed by atoms with van der Waals surface area (Å²) < 4.78 is 0. The number of carbonyl (C=O) groups is 1. The quantitative estimate of drug-likeness (QED) is 0.348. The third-order valence-electron chi connectivity index (χ3n) is 3.25. The molecule has 0 heterocycles. The van der Waals surface area contributed by atoms with Crippen LogP contribution in [0.2, 0.25) is 0 Å². The Morgan fingerprint density at radius 2 is 1.38 bits per heavy atom.